The molecule has 35 heavy (non-hydrogen) atoms. The first kappa shape index (κ1) is 29.3. The number of aliphatic imine (C=N–C) groups is 1. The van der Waals surface area contributed by atoms with Crippen molar-refractivity contribution in [2.45, 2.75) is 56.7 Å². The number of amides is 3. The summed E-state index contributed by atoms with van der Waals surface area (Å²) in [6.07, 6.45) is 5.16. The van der Waals surface area contributed by atoms with Gasteiger partial charge >= 0.3 is 5.97 Å². The van der Waals surface area contributed by atoms with Crippen molar-refractivity contribution < 1.29 is 24.3 Å². The first-order valence-corrected chi connectivity index (χ1v) is 11.2. The fraction of sp³-hybridized carbons (Fsp3) is 0.600. The smallest absolute Gasteiger partial charge is 0.326 e. The van der Waals surface area contributed by atoms with Gasteiger partial charge in [-0.3, -0.25) is 19.4 Å². The topological polar surface area (TPSA) is 270 Å². The van der Waals surface area contributed by atoms with Gasteiger partial charge in [0, 0.05) is 24.9 Å². The molecule has 0 radical (unpaired) electrons. The van der Waals surface area contributed by atoms with Crippen molar-refractivity contribution in [2.24, 2.45) is 27.9 Å². The Morgan fingerprint density at radius 2 is 1.80 bits per heavy atom. The second-order valence-electron chi connectivity index (χ2n) is 7.86. The van der Waals surface area contributed by atoms with Gasteiger partial charge in [-0.1, -0.05) is 6.42 Å². The molecule has 0 fully saturated rings. The Hall–Kier alpha value is -3.72. The maximum atomic E-state index is 12.7. The Kier molecular flexibility index (Phi) is 13.4. The summed E-state index contributed by atoms with van der Waals surface area (Å²) in [5.41, 5.74) is 22.5. The molecule has 0 spiro atoms. The Morgan fingerprint density at radius 1 is 1.06 bits per heavy atom. The summed E-state index contributed by atoms with van der Waals surface area (Å²) in [6.45, 7) is 0.226. The number of carboxylic acids is 1. The third-order valence-electron chi connectivity index (χ3n) is 4.92. The average Bonchev–Trinajstić information content (AvgIpc) is 3.31. The molecule has 0 aliphatic heterocycles. The largest absolute Gasteiger partial charge is 0.480 e. The zero-order valence-electron chi connectivity index (χ0n) is 19.5. The van der Waals surface area contributed by atoms with Crippen molar-refractivity contribution in [1.29, 1.82) is 0 Å². The van der Waals surface area contributed by atoms with E-state index in [1.54, 1.807) is 0 Å². The van der Waals surface area contributed by atoms with E-state index in [2.05, 4.69) is 30.9 Å². The highest BCUT2D eigenvalue weighted by molar-refractivity contribution is 5.92. The van der Waals surface area contributed by atoms with Crippen LogP contribution in [-0.2, 0) is 25.6 Å². The number of aliphatic carboxylic acids is 1. The van der Waals surface area contributed by atoms with Crippen LogP contribution in [0.15, 0.2) is 17.5 Å². The van der Waals surface area contributed by atoms with Crippen molar-refractivity contribution in [3.8, 4) is 0 Å². The van der Waals surface area contributed by atoms with Crippen LogP contribution in [0.1, 0.15) is 37.8 Å². The van der Waals surface area contributed by atoms with Gasteiger partial charge in [-0.05, 0) is 32.2 Å². The molecular weight excluding hydrogens is 460 g/mol. The number of H-pyrrole nitrogens is 1. The van der Waals surface area contributed by atoms with Crippen molar-refractivity contribution in [1.82, 2.24) is 25.9 Å². The van der Waals surface area contributed by atoms with Crippen LogP contribution in [0.2, 0.25) is 0 Å². The molecular formula is C20H36N10O5. The predicted molar refractivity (Wildman–Crippen MR) is 128 cm³/mol. The van der Waals surface area contributed by atoms with E-state index in [0.717, 1.165) is 6.42 Å². The van der Waals surface area contributed by atoms with Crippen molar-refractivity contribution >= 4 is 29.7 Å². The Morgan fingerprint density at radius 3 is 2.40 bits per heavy atom. The summed E-state index contributed by atoms with van der Waals surface area (Å²) in [6, 6.07) is -3.04. The molecule has 3 unspecified atom stereocenters. The molecule has 0 aliphatic rings. The van der Waals surface area contributed by atoms with Crippen LogP contribution >= 0.6 is 0 Å². The number of nitrogens with one attached hydrogen (secondary N) is 4. The van der Waals surface area contributed by atoms with Gasteiger partial charge in [0.1, 0.15) is 12.1 Å². The summed E-state index contributed by atoms with van der Waals surface area (Å²) in [5, 5.41) is 16.7. The second kappa shape index (κ2) is 16.0. The van der Waals surface area contributed by atoms with E-state index in [1.807, 2.05) is 0 Å². The van der Waals surface area contributed by atoms with E-state index < -0.39 is 48.4 Å². The van der Waals surface area contributed by atoms with Crippen LogP contribution in [-0.4, -0.2) is 82.5 Å². The minimum atomic E-state index is -1.24. The average molecular weight is 497 g/mol. The number of nitrogens with two attached hydrogens (primary N) is 4. The molecule has 1 heterocycles. The predicted octanol–water partition coefficient (Wildman–Crippen LogP) is -3.37. The number of nitrogens with zero attached hydrogens (tertiary/aromatic N) is 2. The fourth-order valence-corrected chi connectivity index (χ4v) is 3.04. The number of aromatic nitrogens is 2. The number of hydrogen-bond donors (Lipinski definition) is 9. The van der Waals surface area contributed by atoms with Crippen molar-refractivity contribution in [3.63, 3.8) is 0 Å². The van der Waals surface area contributed by atoms with Crippen LogP contribution in [0.25, 0.3) is 0 Å². The van der Waals surface area contributed by atoms with E-state index >= 15 is 0 Å². The summed E-state index contributed by atoms with van der Waals surface area (Å²) in [5.74, 6) is -3.20. The molecule has 0 saturated carbocycles. The monoisotopic (exact) mass is 496 g/mol. The van der Waals surface area contributed by atoms with Crippen molar-refractivity contribution in [3.05, 3.63) is 18.2 Å². The number of guanidine groups is 1. The molecule has 0 aliphatic carbocycles. The van der Waals surface area contributed by atoms with Crippen LogP contribution in [0, 0.1) is 0 Å². The lowest BCUT2D eigenvalue weighted by Gasteiger charge is -2.21. The molecule has 15 nitrogen and oxygen atoms in total. The molecule has 3 atom stereocenters. The van der Waals surface area contributed by atoms with Gasteiger partial charge in [0.15, 0.2) is 5.96 Å². The Bertz CT molecular complexity index is 841. The van der Waals surface area contributed by atoms with Gasteiger partial charge < -0.3 is 49.0 Å². The molecule has 0 bridgehead atoms. The minimum absolute atomic E-state index is 0.0134. The Balaban J connectivity index is 2.67. The van der Waals surface area contributed by atoms with Crippen LogP contribution in [0.3, 0.4) is 0 Å². The molecule has 1 aromatic heterocycles. The quantitative estimate of drug-likeness (QED) is 0.0586. The lowest BCUT2D eigenvalue weighted by molar-refractivity contribution is -0.141. The van der Waals surface area contributed by atoms with Crippen LogP contribution in [0.4, 0.5) is 0 Å². The molecule has 13 N–H and O–H groups in total. The standard InChI is InChI=1S/C20H36N10O5/c21-6-2-1-4-13(22)17(32)30-14(5-3-7-26-20(23)24)18(33)27-10-16(31)29-15(19(34)35)8-12-9-25-11-28-12/h9,11,13-15H,1-8,10,21-22H2,(H,25,28)(H,27,33)(H,29,31)(H,30,32)(H,34,35)(H4,23,24,26). The lowest BCUT2D eigenvalue weighted by Crippen LogP contribution is -2.53. The first-order valence-electron chi connectivity index (χ1n) is 11.2. The van der Waals surface area contributed by atoms with Gasteiger partial charge in [0.25, 0.3) is 0 Å². The summed E-state index contributed by atoms with van der Waals surface area (Å²) < 4.78 is 0. The molecule has 15 heteroatoms. The van der Waals surface area contributed by atoms with Gasteiger partial charge in [-0.25, -0.2) is 9.78 Å². The number of imidazole rings is 1. The summed E-state index contributed by atoms with van der Waals surface area (Å²) >= 11 is 0. The Labute approximate surface area is 202 Å². The molecule has 1 rings (SSSR count). The number of unbranched alkanes of at least 4 members (excludes halogenated alkanes) is 1. The van der Waals surface area contributed by atoms with E-state index in [1.165, 1.54) is 12.5 Å². The molecule has 0 saturated heterocycles. The third-order valence-corrected chi connectivity index (χ3v) is 4.92. The van der Waals surface area contributed by atoms with E-state index in [4.69, 9.17) is 22.9 Å². The summed E-state index contributed by atoms with van der Waals surface area (Å²) in [4.78, 5) is 59.2. The van der Waals surface area contributed by atoms with Crippen LogP contribution in [0.5, 0.6) is 0 Å². The fourth-order valence-electron chi connectivity index (χ4n) is 3.04. The number of carbonyl (C=O) groups excluding carboxylic acids is 3. The number of rotatable bonds is 17. The second-order valence-corrected chi connectivity index (χ2v) is 7.86. The summed E-state index contributed by atoms with van der Waals surface area (Å²) in [7, 11) is 0. The molecule has 1 aromatic rings. The minimum Gasteiger partial charge on any atom is -0.480 e. The molecule has 3 amide bonds. The third kappa shape index (κ3) is 12.4. The highest BCUT2D eigenvalue weighted by Crippen LogP contribution is 2.03. The number of carbonyl (C=O) groups is 4. The van der Waals surface area contributed by atoms with Gasteiger partial charge in [-0.2, -0.15) is 0 Å². The maximum absolute atomic E-state index is 12.7. The van der Waals surface area contributed by atoms with Crippen molar-refractivity contribution in [2.75, 3.05) is 19.6 Å². The SMILES string of the molecule is NCCCCC(N)C(=O)NC(CCCN=C(N)N)C(=O)NCC(=O)NC(Cc1cnc[nH]1)C(=O)O. The van der Waals surface area contributed by atoms with Gasteiger partial charge in [0.2, 0.25) is 17.7 Å². The highest BCUT2D eigenvalue weighted by atomic mass is 16.4. The molecule has 196 valence electrons. The van der Waals surface area contributed by atoms with Crippen LogP contribution < -0.4 is 38.9 Å². The zero-order chi connectivity index (χ0) is 26.2. The number of aromatic amines is 1. The number of carboxylic acid groups (broad SMARTS) is 1. The molecule has 0 aromatic carbocycles. The van der Waals surface area contributed by atoms with E-state index in [-0.39, 0.29) is 25.3 Å². The maximum Gasteiger partial charge on any atom is 0.326 e. The number of hydrogen-bond acceptors (Lipinski definition) is 8. The highest BCUT2D eigenvalue weighted by Gasteiger charge is 2.25. The van der Waals surface area contributed by atoms with Gasteiger partial charge in [0.05, 0.1) is 18.9 Å². The first-order chi connectivity index (χ1) is 16.6. The van der Waals surface area contributed by atoms with Gasteiger partial charge in [-0.15, -0.1) is 0 Å². The lowest BCUT2D eigenvalue weighted by atomic mass is 10.1. The normalized spacial score (nSPS) is 13.2. The van der Waals surface area contributed by atoms with E-state index in [0.29, 0.717) is 31.5 Å². The van der Waals surface area contributed by atoms with E-state index in [9.17, 15) is 24.3 Å². The zero-order valence-corrected chi connectivity index (χ0v) is 19.5.